The van der Waals surface area contributed by atoms with E-state index in [4.69, 9.17) is 15.7 Å². The lowest BCUT2D eigenvalue weighted by Crippen LogP contribution is -2.35. The molecule has 0 saturated heterocycles. The lowest BCUT2D eigenvalue weighted by atomic mass is 10.1. The summed E-state index contributed by atoms with van der Waals surface area (Å²) >= 11 is 0. The predicted octanol–water partition coefficient (Wildman–Crippen LogP) is 2.58. The largest absolute Gasteiger partial charge is 0.490 e. The molecule has 0 fully saturated rings. The van der Waals surface area contributed by atoms with Gasteiger partial charge in [0.1, 0.15) is 18.4 Å². The number of aliphatic hydroxyl groups is 1. The molecule has 2 aromatic rings. The van der Waals surface area contributed by atoms with Crippen LogP contribution in [0.3, 0.4) is 0 Å². The number of nitrogens with one attached hydrogen (secondary N) is 1. The van der Waals surface area contributed by atoms with Gasteiger partial charge in [-0.15, -0.1) is 0 Å². The number of hydrogen-bond donors (Lipinski definition) is 2. The van der Waals surface area contributed by atoms with Crippen LogP contribution in [0.2, 0.25) is 0 Å². The van der Waals surface area contributed by atoms with Crippen molar-refractivity contribution in [3.63, 3.8) is 0 Å². The zero-order valence-corrected chi connectivity index (χ0v) is 10.5. The molecule has 0 amide bonds. The highest BCUT2D eigenvalue weighted by atomic mass is 16.5. The highest BCUT2D eigenvalue weighted by Crippen LogP contribution is 2.25. The minimum absolute atomic E-state index is 0.0171. The second-order valence-electron chi connectivity index (χ2n) is 4.02. The Morgan fingerprint density at radius 2 is 2.16 bits per heavy atom. The average Bonchev–Trinajstić information content (AvgIpc) is 2.53. The first-order valence-electron chi connectivity index (χ1n) is 9.86. The van der Waals surface area contributed by atoms with Crippen LogP contribution in [0.25, 0.3) is 10.8 Å². The molecule has 2 atom stereocenters. The summed E-state index contributed by atoms with van der Waals surface area (Å²) in [5.74, 6) is 0.0171. The quantitative estimate of drug-likeness (QED) is 0.845. The summed E-state index contributed by atoms with van der Waals surface area (Å²) in [6.07, 6.45) is -3.46. The van der Waals surface area contributed by atoms with Crippen LogP contribution in [-0.2, 0) is 0 Å². The Balaban J connectivity index is 2.35. The molecule has 0 aliphatic heterocycles. The summed E-state index contributed by atoms with van der Waals surface area (Å²) in [6.45, 7) is -7.79. The molecule has 0 bridgehead atoms. The maximum atomic E-state index is 10.4. The lowest BCUT2D eigenvalue weighted by Gasteiger charge is -2.15. The third kappa shape index (κ3) is 3.94. The van der Waals surface area contributed by atoms with Crippen molar-refractivity contribution < 1.29 is 20.8 Å². The van der Waals surface area contributed by atoms with E-state index in [1.165, 1.54) is 6.07 Å². The van der Waals surface area contributed by atoms with Crippen molar-refractivity contribution in [2.75, 3.05) is 13.1 Å². The van der Waals surface area contributed by atoms with Gasteiger partial charge in [0.15, 0.2) is 0 Å². The van der Waals surface area contributed by atoms with Crippen molar-refractivity contribution in [1.82, 2.24) is 5.32 Å². The minimum atomic E-state index is -3.46. The van der Waals surface area contributed by atoms with E-state index >= 15 is 0 Å². The van der Waals surface area contributed by atoms with E-state index in [0.29, 0.717) is 5.39 Å². The van der Waals surface area contributed by atoms with Gasteiger partial charge in [-0.1, -0.05) is 50.2 Å². The van der Waals surface area contributed by atoms with Gasteiger partial charge in [-0.25, -0.2) is 0 Å². The maximum absolute atomic E-state index is 10.4. The number of hydrogen-bond acceptors (Lipinski definition) is 3. The first kappa shape index (κ1) is 6.73. The summed E-state index contributed by atoms with van der Waals surface area (Å²) in [5, 5.41) is 13.6. The van der Waals surface area contributed by atoms with Crippen LogP contribution in [0.1, 0.15) is 24.7 Å². The predicted molar refractivity (Wildman–Crippen MR) is 78.6 cm³/mol. The van der Waals surface area contributed by atoms with E-state index < -0.39 is 32.0 Å². The van der Waals surface area contributed by atoms with Gasteiger partial charge in [0.2, 0.25) is 0 Å². The molecule has 3 nitrogen and oxygen atoms in total. The summed E-state index contributed by atoms with van der Waals surface area (Å²) in [5.41, 5.74) is 0. The van der Waals surface area contributed by atoms with Crippen LogP contribution < -0.4 is 10.1 Å². The Morgan fingerprint density at radius 1 is 1.37 bits per heavy atom. The Labute approximate surface area is 125 Å². The third-order valence-electron chi connectivity index (χ3n) is 2.41. The van der Waals surface area contributed by atoms with Gasteiger partial charge in [0.25, 0.3) is 0 Å². The molecule has 2 unspecified atom stereocenters. The molecule has 2 aromatic carbocycles. The molecule has 0 spiro atoms. The van der Waals surface area contributed by atoms with Crippen LogP contribution in [-0.4, -0.2) is 30.3 Å². The van der Waals surface area contributed by atoms with Crippen LogP contribution in [0.5, 0.6) is 5.75 Å². The minimum Gasteiger partial charge on any atom is -0.490 e. The van der Waals surface area contributed by atoms with Crippen molar-refractivity contribution in [2.45, 2.75) is 25.9 Å². The van der Waals surface area contributed by atoms with Crippen LogP contribution in [0, 0.1) is 0 Å². The highest BCUT2D eigenvalue weighted by molar-refractivity contribution is 5.88. The fraction of sp³-hybridized carbons (Fsp3) is 0.375. The van der Waals surface area contributed by atoms with Crippen molar-refractivity contribution in [3.8, 4) is 5.75 Å². The normalized spacial score (nSPS) is 24.3. The topological polar surface area (TPSA) is 41.5 Å². The number of benzene rings is 2. The molecule has 102 valence electrons. The molecule has 0 aromatic heterocycles. The number of ether oxygens (including phenoxy) is 1. The second kappa shape index (κ2) is 6.55. The molecule has 0 aliphatic rings. The first-order chi connectivity index (χ1) is 12.2. The average molecular weight is 267 g/mol. The first-order valence-corrected chi connectivity index (χ1v) is 5.86. The van der Waals surface area contributed by atoms with Crippen LogP contribution >= 0.6 is 0 Å². The fourth-order valence-electron chi connectivity index (χ4n) is 1.59. The monoisotopic (exact) mass is 267 g/mol. The fourth-order valence-corrected chi connectivity index (χ4v) is 1.59. The van der Waals surface area contributed by atoms with Gasteiger partial charge < -0.3 is 15.2 Å². The zero-order valence-electron chi connectivity index (χ0n) is 18.5. The molecule has 2 N–H and O–H groups in total. The van der Waals surface area contributed by atoms with E-state index in [1.54, 1.807) is 36.4 Å². The maximum Gasteiger partial charge on any atom is 0.127 e. The summed E-state index contributed by atoms with van der Waals surface area (Å²) in [4.78, 5) is 0. The zero-order chi connectivity index (χ0) is 20.7. The third-order valence-corrected chi connectivity index (χ3v) is 2.41. The molecule has 0 heterocycles. The SMILES string of the molecule is [2H]C([2H])([2H])C(C)NC([2H])([2H])C([2H])(O)C([2H])([2H])Oc1cccc2ccccc12. The molecule has 0 radical (unpaired) electrons. The molecule has 0 saturated carbocycles. The Morgan fingerprint density at radius 3 is 3.00 bits per heavy atom. The van der Waals surface area contributed by atoms with E-state index in [2.05, 4.69) is 0 Å². The van der Waals surface area contributed by atoms with Crippen LogP contribution in [0.4, 0.5) is 0 Å². The van der Waals surface area contributed by atoms with Gasteiger partial charge in [-0.3, -0.25) is 0 Å². The number of rotatable bonds is 6. The molecule has 19 heavy (non-hydrogen) atoms. The smallest absolute Gasteiger partial charge is 0.127 e. The molecule has 3 heteroatoms. The van der Waals surface area contributed by atoms with Crippen molar-refractivity contribution in [1.29, 1.82) is 0 Å². The summed E-state index contributed by atoms with van der Waals surface area (Å²) < 4.78 is 66.7. The molecular weight excluding hydrogens is 238 g/mol. The summed E-state index contributed by atoms with van der Waals surface area (Å²) in [7, 11) is 0. The second-order valence-corrected chi connectivity index (χ2v) is 4.02. The van der Waals surface area contributed by atoms with Gasteiger partial charge >= 0.3 is 0 Å². The highest BCUT2D eigenvalue weighted by Gasteiger charge is 2.07. The lowest BCUT2D eigenvalue weighted by molar-refractivity contribution is 0.105. The van der Waals surface area contributed by atoms with E-state index in [0.717, 1.165) is 12.3 Å². The van der Waals surface area contributed by atoms with Gasteiger partial charge in [-0.2, -0.15) is 0 Å². The van der Waals surface area contributed by atoms with E-state index in [-0.39, 0.29) is 5.75 Å². The Kier molecular flexibility index (Phi) is 2.32. The van der Waals surface area contributed by atoms with Crippen molar-refractivity contribution in [3.05, 3.63) is 42.5 Å². The Bertz CT molecular complexity index is 801. The summed E-state index contributed by atoms with van der Waals surface area (Å²) in [6, 6.07) is 10.3. The van der Waals surface area contributed by atoms with Gasteiger partial charge in [-0.05, 0) is 11.5 Å². The van der Waals surface area contributed by atoms with Crippen LogP contribution in [0.15, 0.2) is 42.5 Å². The molecular formula is C16H21NO2. The van der Waals surface area contributed by atoms with Gasteiger partial charge in [0, 0.05) is 24.8 Å². The molecule has 2 rings (SSSR count). The van der Waals surface area contributed by atoms with E-state index in [9.17, 15) is 5.11 Å². The van der Waals surface area contributed by atoms with Crippen molar-refractivity contribution >= 4 is 10.8 Å². The standard InChI is InChI=1S/C16H21NO2/c1-12(2)17-10-14(18)11-19-16-9-5-7-13-6-3-4-8-15(13)16/h3-9,12,14,17-18H,10-11H2,1-2H3/i1D3,10D2,11D2,14D. The van der Waals surface area contributed by atoms with Gasteiger partial charge in [0.05, 0.1) is 4.11 Å². The Hall–Kier alpha value is -1.58. The van der Waals surface area contributed by atoms with Crippen molar-refractivity contribution in [2.24, 2.45) is 0 Å². The van der Waals surface area contributed by atoms with E-state index in [1.807, 2.05) is 5.32 Å². The molecule has 0 aliphatic carbocycles. The number of fused-ring (bicyclic) bond motifs is 1.